The first-order chi connectivity index (χ1) is 7.90. The second-order valence-corrected chi connectivity index (χ2v) is 3.60. The van der Waals surface area contributed by atoms with Gasteiger partial charge in [0.15, 0.2) is 0 Å². The molecule has 0 unspecified atom stereocenters. The standard InChI is InChI=1S/C13H15N3/c1-2-14-8-11-7-13(10-16-9-11)12-3-5-15-6-4-12/h3-7,9-10,14H,2,8H2,1H3. The molecule has 0 aromatic carbocycles. The highest BCUT2D eigenvalue weighted by atomic mass is 14.8. The number of nitrogens with one attached hydrogen (secondary N) is 1. The quantitative estimate of drug-likeness (QED) is 0.846. The van der Waals surface area contributed by atoms with Crippen LogP contribution in [0.4, 0.5) is 0 Å². The zero-order chi connectivity index (χ0) is 11.2. The fourth-order valence-corrected chi connectivity index (χ4v) is 1.56. The van der Waals surface area contributed by atoms with Gasteiger partial charge in [0.1, 0.15) is 0 Å². The van der Waals surface area contributed by atoms with E-state index in [1.54, 1.807) is 12.4 Å². The van der Waals surface area contributed by atoms with Crippen LogP contribution in [-0.2, 0) is 6.54 Å². The van der Waals surface area contributed by atoms with Crippen LogP contribution < -0.4 is 5.32 Å². The molecule has 0 aliphatic heterocycles. The topological polar surface area (TPSA) is 37.8 Å². The fraction of sp³-hybridized carbons (Fsp3) is 0.231. The van der Waals surface area contributed by atoms with Crippen LogP contribution in [0.25, 0.3) is 11.1 Å². The predicted octanol–water partition coefficient (Wildman–Crippen LogP) is 2.25. The van der Waals surface area contributed by atoms with Crippen LogP contribution in [0.1, 0.15) is 12.5 Å². The lowest BCUT2D eigenvalue weighted by atomic mass is 10.1. The summed E-state index contributed by atoms with van der Waals surface area (Å²) < 4.78 is 0. The summed E-state index contributed by atoms with van der Waals surface area (Å²) in [5, 5.41) is 3.29. The molecule has 16 heavy (non-hydrogen) atoms. The predicted molar refractivity (Wildman–Crippen MR) is 64.8 cm³/mol. The maximum atomic E-state index is 4.25. The summed E-state index contributed by atoms with van der Waals surface area (Å²) in [7, 11) is 0. The van der Waals surface area contributed by atoms with Gasteiger partial charge in [-0.2, -0.15) is 0 Å². The Balaban J connectivity index is 2.22. The van der Waals surface area contributed by atoms with Gasteiger partial charge in [-0.15, -0.1) is 0 Å². The molecule has 0 bridgehead atoms. The van der Waals surface area contributed by atoms with Gasteiger partial charge in [-0.05, 0) is 35.9 Å². The first-order valence-corrected chi connectivity index (χ1v) is 5.45. The normalized spacial score (nSPS) is 10.3. The minimum Gasteiger partial charge on any atom is -0.313 e. The maximum absolute atomic E-state index is 4.25. The van der Waals surface area contributed by atoms with Crippen LogP contribution in [0.5, 0.6) is 0 Å². The molecule has 82 valence electrons. The monoisotopic (exact) mass is 213 g/mol. The summed E-state index contributed by atoms with van der Waals surface area (Å²) in [6.45, 7) is 3.93. The molecule has 0 spiro atoms. The van der Waals surface area contributed by atoms with Crippen LogP contribution in [0.2, 0.25) is 0 Å². The molecule has 2 rings (SSSR count). The molecule has 3 heteroatoms. The summed E-state index contributed by atoms with van der Waals surface area (Å²) in [5.74, 6) is 0. The zero-order valence-corrected chi connectivity index (χ0v) is 9.35. The van der Waals surface area contributed by atoms with Gasteiger partial charge < -0.3 is 5.32 Å². The van der Waals surface area contributed by atoms with Gasteiger partial charge in [-0.3, -0.25) is 9.97 Å². The van der Waals surface area contributed by atoms with E-state index in [2.05, 4.69) is 28.3 Å². The molecule has 0 aliphatic carbocycles. The molecule has 0 saturated heterocycles. The van der Waals surface area contributed by atoms with E-state index >= 15 is 0 Å². The van der Waals surface area contributed by atoms with Crippen molar-refractivity contribution in [3.8, 4) is 11.1 Å². The van der Waals surface area contributed by atoms with Gasteiger partial charge in [0.05, 0.1) is 0 Å². The summed E-state index contributed by atoms with van der Waals surface area (Å²) in [5.41, 5.74) is 3.50. The summed E-state index contributed by atoms with van der Waals surface area (Å²) in [6, 6.07) is 6.15. The first-order valence-electron chi connectivity index (χ1n) is 5.45. The van der Waals surface area contributed by atoms with Crippen molar-refractivity contribution in [2.45, 2.75) is 13.5 Å². The van der Waals surface area contributed by atoms with Gasteiger partial charge in [0.2, 0.25) is 0 Å². The van der Waals surface area contributed by atoms with E-state index in [0.29, 0.717) is 0 Å². The second-order valence-electron chi connectivity index (χ2n) is 3.60. The third-order valence-corrected chi connectivity index (χ3v) is 2.39. The molecule has 2 aromatic rings. The smallest absolute Gasteiger partial charge is 0.0346 e. The second kappa shape index (κ2) is 5.37. The molecule has 1 N–H and O–H groups in total. The van der Waals surface area contributed by atoms with Gasteiger partial charge in [-0.1, -0.05) is 6.92 Å². The molecule has 0 amide bonds. The van der Waals surface area contributed by atoms with Crippen molar-refractivity contribution < 1.29 is 0 Å². The van der Waals surface area contributed by atoms with Crippen LogP contribution >= 0.6 is 0 Å². The third kappa shape index (κ3) is 2.64. The van der Waals surface area contributed by atoms with Crippen LogP contribution in [0.3, 0.4) is 0 Å². The molecule has 2 heterocycles. The highest BCUT2D eigenvalue weighted by molar-refractivity contribution is 5.62. The van der Waals surface area contributed by atoms with Crippen molar-refractivity contribution in [1.82, 2.24) is 15.3 Å². The van der Waals surface area contributed by atoms with Crippen LogP contribution in [0.15, 0.2) is 43.0 Å². The van der Waals surface area contributed by atoms with E-state index in [4.69, 9.17) is 0 Å². The Bertz CT molecular complexity index is 440. The Hall–Kier alpha value is -1.74. The Kier molecular flexibility index (Phi) is 3.62. The van der Waals surface area contributed by atoms with E-state index in [9.17, 15) is 0 Å². The lowest BCUT2D eigenvalue weighted by Crippen LogP contribution is -2.11. The maximum Gasteiger partial charge on any atom is 0.0346 e. The molecule has 2 aromatic heterocycles. The summed E-state index contributed by atoms with van der Waals surface area (Å²) >= 11 is 0. The van der Waals surface area contributed by atoms with Gasteiger partial charge in [0.25, 0.3) is 0 Å². The number of hydrogen-bond donors (Lipinski definition) is 1. The van der Waals surface area contributed by atoms with E-state index in [1.807, 2.05) is 24.5 Å². The minimum absolute atomic E-state index is 0.864. The average molecular weight is 213 g/mol. The highest BCUT2D eigenvalue weighted by Crippen LogP contribution is 2.17. The van der Waals surface area contributed by atoms with Crippen LogP contribution in [0, 0.1) is 0 Å². The number of aromatic nitrogens is 2. The van der Waals surface area contributed by atoms with Crippen molar-refractivity contribution in [3.05, 3.63) is 48.5 Å². The number of nitrogens with zero attached hydrogens (tertiary/aromatic N) is 2. The Morgan fingerprint density at radius 1 is 1.06 bits per heavy atom. The Morgan fingerprint density at radius 2 is 1.88 bits per heavy atom. The molecule has 0 radical (unpaired) electrons. The van der Waals surface area contributed by atoms with Crippen molar-refractivity contribution >= 4 is 0 Å². The van der Waals surface area contributed by atoms with Gasteiger partial charge in [0, 0.05) is 36.9 Å². The molecule has 3 nitrogen and oxygen atoms in total. The van der Waals surface area contributed by atoms with E-state index in [1.165, 1.54) is 5.56 Å². The van der Waals surface area contributed by atoms with E-state index in [0.717, 1.165) is 24.2 Å². The number of hydrogen-bond acceptors (Lipinski definition) is 3. The first kappa shape index (κ1) is 10.8. The highest BCUT2D eigenvalue weighted by Gasteiger charge is 1.99. The van der Waals surface area contributed by atoms with Crippen LogP contribution in [-0.4, -0.2) is 16.5 Å². The van der Waals surface area contributed by atoms with Crippen molar-refractivity contribution in [3.63, 3.8) is 0 Å². The summed E-state index contributed by atoms with van der Waals surface area (Å²) in [4.78, 5) is 8.26. The van der Waals surface area contributed by atoms with Gasteiger partial charge in [-0.25, -0.2) is 0 Å². The molecule has 0 atom stereocenters. The summed E-state index contributed by atoms with van der Waals surface area (Å²) in [6.07, 6.45) is 7.37. The SMILES string of the molecule is CCNCc1cncc(-c2ccncc2)c1. The Labute approximate surface area is 95.6 Å². The van der Waals surface area contributed by atoms with E-state index in [-0.39, 0.29) is 0 Å². The van der Waals surface area contributed by atoms with Crippen molar-refractivity contribution in [2.75, 3.05) is 6.54 Å². The average Bonchev–Trinajstić information content (AvgIpc) is 2.38. The lowest BCUT2D eigenvalue weighted by molar-refractivity contribution is 0.724. The third-order valence-electron chi connectivity index (χ3n) is 2.39. The van der Waals surface area contributed by atoms with Crippen molar-refractivity contribution in [1.29, 1.82) is 0 Å². The molecule has 0 fully saturated rings. The fourth-order valence-electron chi connectivity index (χ4n) is 1.56. The zero-order valence-electron chi connectivity index (χ0n) is 9.35. The molecule has 0 aliphatic rings. The number of rotatable bonds is 4. The van der Waals surface area contributed by atoms with E-state index < -0.39 is 0 Å². The van der Waals surface area contributed by atoms with Crippen molar-refractivity contribution in [2.24, 2.45) is 0 Å². The van der Waals surface area contributed by atoms with Gasteiger partial charge >= 0.3 is 0 Å². The largest absolute Gasteiger partial charge is 0.313 e. The minimum atomic E-state index is 0.864. The number of pyridine rings is 2. The molecular weight excluding hydrogens is 198 g/mol. The molecular formula is C13H15N3. The lowest BCUT2D eigenvalue weighted by Gasteiger charge is -2.05. The molecule has 0 saturated carbocycles. The Morgan fingerprint density at radius 3 is 2.62 bits per heavy atom.